The number of aryl methyl sites for hydroxylation is 2. The van der Waals surface area contributed by atoms with Gasteiger partial charge in [-0.1, -0.05) is 42.5 Å². The van der Waals surface area contributed by atoms with E-state index in [9.17, 15) is 4.79 Å². The van der Waals surface area contributed by atoms with Crippen molar-refractivity contribution in [3.8, 4) is 11.4 Å². The Balaban J connectivity index is 1.31. The molecule has 6 rings (SSSR count). The van der Waals surface area contributed by atoms with Crippen molar-refractivity contribution >= 4 is 34.6 Å². The third kappa shape index (κ3) is 5.74. The van der Waals surface area contributed by atoms with Crippen LogP contribution >= 0.6 is 12.2 Å². The normalized spacial score (nSPS) is 16.2. The van der Waals surface area contributed by atoms with E-state index in [0.29, 0.717) is 16.5 Å². The van der Waals surface area contributed by atoms with Crippen molar-refractivity contribution in [2.45, 2.75) is 32.9 Å². The molecule has 0 bridgehead atoms. The fraction of sp³-hybridized carbons (Fsp3) is 0.171. The minimum absolute atomic E-state index is 0.0732. The molecule has 8 heteroatoms. The summed E-state index contributed by atoms with van der Waals surface area (Å²) >= 11 is 5.95. The molecule has 43 heavy (non-hydrogen) atoms. The molecule has 1 aliphatic heterocycles. The SMILES string of the molecule is Cc1ccccc1-n1c(C)cc([C@H]2[C@@H](c3ccccn3)NC(=S)N2c2ccc(NC(=O)COc3ccccc3)cc2)c1C. The van der Waals surface area contributed by atoms with Crippen molar-refractivity contribution in [1.29, 1.82) is 0 Å². The number of nitrogens with one attached hydrogen (secondary N) is 2. The van der Waals surface area contributed by atoms with Crippen molar-refractivity contribution in [3.63, 3.8) is 0 Å². The quantitative estimate of drug-likeness (QED) is 0.191. The Labute approximate surface area is 257 Å². The number of hydrogen-bond donors (Lipinski definition) is 2. The number of nitrogens with zero attached hydrogens (tertiary/aromatic N) is 3. The predicted molar refractivity (Wildman–Crippen MR) is 175 cm³/mol. The van der Waals surface area contributed by atoms with Gasteiger partial charge in [0, 0.05) is 34.6 Å². The number of ether oxygens (including phenoxy) is 1. The minimum Gasteiger partial charge on any atom is -0.484 e. The Morgan fingerprint density at radius 3 is 2.37 bits per heavy atom. The van der Waals surface area contributed by atoms with Gasteiger partial charge in [-0.05, 0) is 105 Å². The summed E-state index contributed by atoms with van der Waals surface area (Å²) in [7, 11) is 0. The van der Waals surface area contributed by atoms with Crippen LogP contribution in [0.15, 0.2) is 109 Å². The van der Waals surface area contributed by atoms with Crippen molar-refractivity contribution in [1.82, 2.24) is 14.9 Å². The van der Waals surface area contributed by atoms with Gasteiger partial charge >= 0.3 is 0 Å². The molecule has 0 radical (unpaired) electrons. The first-order valence-electron chi connectivity index (χ1n) is 14.2. The van der Waals surface area contributed by atoms with Crippen LogP contribution in [0.5, 0.6) is 5.75 Å². The van der Waals surface area contributed by atoms with E-state index in [1.54, 1.807) is 0 Å². The Bertz CT molecular complexity index is 1750. The van der Waals surface area contributed by atoms with Gasteiger partial charge in [0.2, 0.25) is 0 Å². The van der Waals surface area contributed by atoms with E-state index in [4.69, 9.17) is 21.9 Å². The first-order valence-corrected chi connectivity index (χ1v) is 14.6. The fourth-order valence-corrected chi connectivity index (χ4v) is 6.14. The number of pyridine rings is 1. The minimum atomic E-state index is -0.230. The van der Waals surface area contributed by atoms with Gasteiger partial charge in [0.05, 0.1) is 17.8 Å². The number of thiocarbonyl (C=S) groups is 1. The topological polar surface area (TPSA) is 71.4 Å². The molecule has 1 amide bonds. The van der Waals surface area contributed by atoms with Crippen LogP contribution in [-0.2, 0) is 4.79 Å². The highest BCUT2D eigenvalue weighted by Gasteiger charge is 2.42. The van der Waals surface area contributed by atoms with E-state index in [2.05, 4.69) is 71.2 Å². The van der Waals surface area contributed by atoms with Crippen LogP contribution in [-0.4, -0.2) is 27.2 Å². The second kappa shape index (κ2) is 12.1. The van der Waals surface area contributed by atoms with E-state index < -0.39 is 0 Å². The molecule has 5 aromatic rings. The molecular formula is C35H33N5O2S. The molecule has 2 N–H and O–H groups in total. The highest BCUT2D eigenvalue weighted by molar-refractivity contribution is 7.80. The second-order valence-corrected chi connectivity index (χ2v) is 11.0. The van der Waals surface area contributed by atoms with Crippen molar-refractivity contribution in [2.24, 2.45) is 0 Å². The van der Waals surface area contributed by atoms with Gasteiger partial charge < -0.3 is 24.8 Å². The molecule has 7 nitrogen and oxygen atoms in total. The summed E-state index contributed by atoms with van der Waals surface area (Å²) in [5.41, 5.74) is 8.35. The van der Waals surface area contributed by atoms with Gasteiger partial charge in [-0.3, -0.25) is 9.78 Å². The average Bonchev–Trinajstić information content (AvgIpc) is 3.52. The Kier molecular flexibility index (Phi) is 7.94. The lowest BCUT2D eigenvalue weighted by atomic mass is 9.96. The molecule has 0 unspecified atom stereocenters. The summed E-state index contributed by atoms with van der Waals surface area (Å²) in [5.74, 6) is 0.421. The zero-order valence-electron chi connectivity index (χ0n) is 24.3. The number of carbonyl (C=O) groups excluding carboxylic acids is 1. The molecule has 0 aliphatic carbocycles. The lowest BCUT2D eigenvalue weighted by Gasteiger charge is -2.28. The summed E-state index contributed by atoms with van der Waals surface area (Å²) < 4.78 is 7.90. The molecule has 216 valence electrons. The zero-order valence-corrected chi connectivity index (χ0v) is 25.1. The number of rotatable bonds is 8. The summed E-state index contributed by atoms with van der Waals surface area (Å²) in [6, 6.07) is 33.4. The number of benzene rings is 3. The Hall–Kier alpha value is -4.95. The maximum atomic E-state index is 12.5. The number of hydrogen-bond acceptors (Lipinski definition) is 4. The van der Waals surface area contributed by atoms with Crippen LogP contribution in [0, 0.1) is 20.8 Å². The van der Waals surface area contributed by atoms with Gasteiger partial charge in [0.1, 0.15) is 5.75 Å². The lowest BCUT2D eigenvalue weighted by molar-refractivity contribution is -0.118. The monoisotopic (exact) mass is 587 g/mol. The molecule has 3 aromatic carbocycles. The predicted octanol–water partition coefficient (Wildman–Crippen LogP) is 6.99. The van der Waals surface area contributed by atoms with Gasteiger partial charge in [0.15, 0.2) is 11.7 Å². The number of aromatic nitrogens is 2. The van der Waals surface area contributed by atoms with Crippen LogP contribution in [0.1, 0.15) is 40.3 Å². The van der Waals surface area contributed by atoms with Crippen LogP contribution in [0.2, 0.25) is 0 Å². The van der Waals surface area contributed by atoms with Crippen molar-refractivity contribution in [2.75, 3.05) is 16.8 Å². The van der Waals surface area contributed by atoms with Crippen molar-refractivity contribution in [3.05, 3.63) is 138 Å². The lowest BCUT2D eigenvalue weighted by Crippen LogP contribution is -2.29. The van der Waals surface area contributed by atoms with E-state index in [0.717, 1.165) is 28.5 Å². The van der Waals surface area contributed by atoms with E-state index in [1.807, 2.05) is 79.0 Å². The third-order valence-corrected chi connectivity index (χ3v) is 8.10. The molecular weight excluding hydrogens is 554 g/mol. The molecule has 3 heterocycles. The number of carbonyl (C=O) groups is 1. The number of amides is 1. The van der Waals surface area contributed by atoms with Gasteiger partial charge in [0.25, 0.3) is 5.91 Å². The van der Waals surface area contributed by atoms with Crippen LogP contribution in [0.4, 0.5) is 11.4 Å². The van der Waals surface area contributed by atoms with E-state index in [1.165, 1.54) is 11.1 Å². The molecule has 2 atom stereocenters. The third-order valence-electron chi connectivity index (χ3n) is 7.79. The van der Waals surface area contributed by atoms with Crippen LogP contribution in [0.3, 0.4) is 0 Å². The summed E-state index contributed by atoms with van der Waals surface area (Å²) in [5, 5.41) is 7.09. The average molecular weight is 588 g/mol. The highest BCUT2D eigenvalue weighted by Crippen LogP contribution is 2.44. The maximum Gasteiger partial charge on any atom is 0.262 e. The molecule has 0 spiro atoms. The Morgan fingerprint density at radius 2 is 1.65 bits per heavy atom. The molecule has 1 aliphatic rings. The van der Waals surface area contributed by atoms with E-state index >= 15 is 0 Å². The first-order chi connectivity index (χ1) is 20.9. The molecule has 0 saturated carbocycles. The van der Waals surface area contributed by atoms with Crippen LogP contribution < -0.4 is 20.3 Å². The molecule has 2 aromatic heterocycles. The standard InChI is InChI=1S/C35H33N5O2S/c1-23-11-7-8-15-31(23)39-24(2)21-29(25(39)3)34-33(30-14-9-10-20-36-30)38-35(43)40(34)27-18-16-26(17-19-27)37-32(41)22-42-28-12-5-4-6-13-28/h4-21,33-34H,22H2,1-3H3,(H,37,41)(H,38,43)/t33-,34+/m1/s1. The Morgan fingerprint density at radius 1 is 0.930 bits per heavy atom. The summed E-state index contributed by atoms with van der Waals surface area (Å²) in [6.07, 6.45) is 1.81. The van der Waals surface area contributed by atoms with Gasteiger partial charge in [-0.25, -0.2) is 0 Å². The van der Waals surface area contributed by atoms with Crippen molar-refractivity contribution < 1.29 is 9.53 Å². The molecule has 1 fully saturated rings. The largest absolute Gasteiger partial charge is 0.484 e. The van der Waals surface area contributed by atoms with Crippen LogP contribution in [0.25, 0.3) is 5.69 Å². The number of anilines is 2. The maximum absolute atomic E-state index is 12.5. The fourth-order valence-electron chi connectivity index (χ4n) is 5.79. The van der Waals surface area contributed by atoms with E-state index in [-0.39, 0.29) is 24.6 Å². The molecule has 1 saturated heterocycles. The summed E-state index contributed by atoms with van der Waals surface area (Å²) in [4.78, 5) is 19.4. The zero-order chi connectivity index (χ0) is 29.9. The smallest absolute Gasteiger partial charge is 0.262 e. The highest BCUT2D eigenvalue weighted by atomic mass is 32.1. The van der Waals surface area contributed by atoms with Gasteiger partial charge in [-0.15, -0.1) is 0 Å². The first kappa shape index (κ1) is 28.2. The number of para-hydroxylation sites is 2. The second-order valence-electron chi connectivity index (χ2n) is 10.6. The summed E-state index contributed by atoms with van der Waals surface area (Å²) in [6.45, 7) is 6.37. The van der Waals surface area contributed by atoms with Gasteiger partial charge in [-0.2, -0.15) is 0 Å².